The van der Waals surface area contributed by atoms with Crippen LogP contribution in [0.15, 0.2) is 66.0 Å². The molecule has 7 heteroatoms. The standard InChI is InChI=1S/C33H38N2O4S/c1-32(2,3)23-15-11-20(12-16-23)27-26(29(36)25-8-7-19-40-25)28(21-13-17-24(18-14-21)34(5)6)35(30(37)22-9-10-22)33(27,4)31(38)39/h7-8,11-19,22,26-28H,9-10H2,1-6H3,(H,38,39). The molecule has 6 nitrogen and oxygen atoms in total. The summed E-state index contributed by atoms with van der Waals surface area (Å²) < 4.78 is 0. The number of carboxylic acid groups (broad SMARTS) is 1. The average Bonchev–Trinajstić information content (AvgIpc) is 3.54. The predicted octanol–water partition coefficient (Wildman–Crippen LogP) is 6.53. The Morgan fingerprint density at radius 1 is 0.950 bits per heavy atom. The number of anilines is 1. The highest BCUT2D eigenvalue weighted by molar-refractivity contribution is 7.12. The molecule has 1 N–H and O–H groups in total. The van der Waals surface area contributed by atoms with Crippen LogP contribution in [0.25, 0.3) is 0 Å². The number of hydrogen-bond donors (Lipinski definition) is 1. The minimum absolute atomic E-state index is 0.0822. The number of amides is 1. The second kappa shape index (κ2) is 10.2. The number of carbonyl (C=O) groups is 3. The minimum Gasteiger partial charge on any atom is -0.479 e. The van der Waals surface area contributed by atoms with Gasteiger partial charge in [0.1, 0.15) is 5.54 Å². The van der Waals surface area contributed by atoms with Crippen LogP contribution in [0.1, 0.15) is 78.9 Å². The van der Waals surface area contributed by atoms with E-state index in [0.717, 1.165) is 35.2 Å². The highest BCUT2D eigenvalue weighted by Crippen LogP contribution is 2.58. The Balaban J connectivity index is 1.76. The zero-order valence-electron chi connectivity index (χ0n) is 24.0. The van der Waals surface area contributed by atoms with E-state index in [-0.39, 0.29) is 23.0 Å². The first-order chi connectivity index (χ1) is 18.9. The van der Waals surface area contributed by atoms with Crippen LogP contribution < -0.4 is 4.90 Å². The zero-order valence-corrected chi connectivity index (χ0v) is 24.9. The Morgan fingerprint density at radius 3 is 2.02 bits per heavy atom. The van der Waals surface area contributed by atoms with Gasteiger partial charge in [0.15, 0.2) is 5.78 Å². The number of nitrogens with zero attached hydrogens (tertiary/aromatic N) is 2. The van der Waals surface area contributed by atoms with E-state index in [2.05, 4.69) is 20.8 Å². The van der Waals surface area contributed by atoms with Crippen molar-refractivity contribution in [2.45, 2.75) is 63.5 Å². The fourth-order valence-corrected chi connectivity index (χ4v) is 6.90. The van der Waals surface area contributed by atoms with Gasteiger partial charge in [0.25, 0.3) is 0 Å². The lowest BCUT2D eigenvalue weighted by Crippen LogP contribution is -2.54. The molecule has 2 heterocycles. The second-order valence-electron chi connectivity index (χ2n) is 12.6. The molecule has 0 bridgehead atoms. The molecule has 4 atom stereocenters. The number of benzene rings is 2. The molecule has 1 aliphatic carbocycles. The molecule has 1 aromatic heterocycles. The van der Waals surface area contributed by atoms with Gasteiger partial charge in [-0.3, -0.25) is 9.59 Å². The van der Waals surface area contributed by atoms with Gasteiger partial charge in [-0.2, -0.15) is 0 Å². The fourth-order valence-electron chi connectivity index (χ4n) is 6.19. The molecule has 1 aliphatic heterocycles. The highest BCUT2D eigenvalue weighted by atomic mass is 32.1. The number of hydrogen-bond acceptors (Lipinski definition) is 5. The summed E-state index contributed by atoms with van der Waals surface area (Å²) in [5, 5.41) is 12.8. The summed E-state index contributed by atoms with van der Waals surface area (Å²) in [5.41, 5.74) is 1.93. The van der Waals surface area contributed by atoms with E-state index in [9.17, 15) is 19.5 Å². The van der Waals surface area contributed by atoms with Crippen molar-refractivity contribution >= 4 is 34.7 Å². The first-order valence-electron chi connectivity index (χ1n) is 13.9. The number of carboxylic acids is 1. The molecule has 210 valence electrons. The molecule has 3 aromatic rings. The normalized spacial score (nSPS) is 24.6. The van der Waals surface area contributed by atoms with Gasteiger partial charge >= 0.3 is 5.97 Å². The van der Waals surface area contributed by atoms with Crippen molar-refractivity contribution in [2.24, 2.45) is 11.8 Å². The first-order valence-corrected chi connectivity index (χ1v) is 14.8. The van der Waals surface area contributed by atoms with Gasteiger partial charge in [0, 0.05) is 31.6 Å². The van der Waals surface area contributed by atoms with Gasteiger partial charge in [-0.1, -0.05) is 63.2 Å². The van der Waals surface area contributed by atoms with E-state index in [1.54, 1.807) is 17.9 Å². The van der Waals surface area contributed by atoms with E-state index in [1.807, 2.05) is 79.0 Å². The number of thiophene rings is 1. The fraction of sp³-hybridized carbons (Fsp3) is 0.424. The topological polar surface area (TPSA) is 77.9 Å². The third-order valence-electron chi connectivity index (χ3n) is 8.63. The van der Waals surface area contributed by atoms with Crippen molar-refractivity contribution in [3.8, 4) is 0 Å². The summed E-state index contributed by atoms with van der Waals surface area (Å²) in [6.07, 6.45) is 1.48. The summed E-state index contributed by atoms with van der Waals surface area (Å²) in [4.78, 5) is 45.9. The van der Waals surface area contributed by atoms with Gasteiger partial charge in [-0.15, -0.1) is 11.3 Å². The predicted molar refractivity (Wildman–Crippen MR) is 159 cm³/mol. The molecule has 0 spiro atoms. The molecule has 1 saturated carbocycles. The lowest BCUT2D eigenvalue weighted by molar-refractivity contribution is -0.158. The highest BCUT2D eigenvalue weighted by Gasteiger charge is 2.65. The molecular weight excluding hydrogens is 520 g/mol. The van der Waals surface area contributed by atoms with Crippen LogP contribution in [-0.4, -0.2) is 47.3 Å². The third kappa shape index (κ3) is 4.74. The molecular formula is C33H38N2O4S. The Labute approximate surface area is 240 Å². The maximum atomic E-state index is 14.4. The Bertz CT molecular complexity index is 1400. The number of aliphatic carboxylic acids is 1. The van der Waals surface area contributed by atoms with Gasteiger partial charge in [0.05, 0.1) is 16.8 Å². The van der Waals surface area contributed by atoms with E-state index in [1.165, 1.54) is 11.3 Å². The minimum atomic E-state index is -1.62. The second-order valence-corrected chi connectivity index (χ2v) is 13.5. The van der Waals surface area contributed by atoms with E-state index >= 15 is 0 Å². The van der Waals surface area contributed by atoms with Crippen molar-refractivity contribution in [3.05, 3.63) is 87.6 Å². The van der Waals surface area contributed by atoms with Crippen LogP contribution in [0, 0.1) is 11.8 Å². The van der Waals surface area contributed by atoms with Gasteiger partial charge in [0.2, 0.25) is 5.91 Å². The average molecular weight is 559 g/mol. The summed E-state index contributed by atoms with van der Waals surface area (Å²) in [7, 11) is 3.91. The van der Waals surface area contributed by atoms with Gasteiger partial charge in [-0.05, 0) is 65.4 Å². The summed E-state index contributed by atoms with van der Waals surface area (Å²) in [5.74, 6) is -3.11. The van der Waals surface area contributed by atoms with Crippen molar-refractivity contribution < 1.29 is 19.5 Å². The molecule has 2 fully saturated rings. The number of rotatable bonds is 7. The zero-order chi connectivity index (χ0) is 29.0. The quantitative estimate of drug-likeness (QED) is 0.334. The SMILES string of the molecule is CN(C)c1ccc(C2C(C(=O)c3cccs3)C(c3ccc(C(C)(C)C)cc3)C(C)(C(=O)O)N2C(=O)C2CC2)cc1. The molecule has 5 rings (SSSR count). The van der Waals surface area contributed by atoms with Crippen LogP contribution >= 0.6 is 11.3 Å². The molecule has 1 amide bonds. The Kier molecular flexibility index (Phi) is 7.15. The third-order valence-corrected chi connectivity index (χ3v) is 9.52. The van der Waals surface area contributed by atoms with Crippen molar-refractivity contribution in [2.75, 3.05) is 19.0 Å². The van der Waals surface area contributed by atoms with Crippen LogP contribution in [0.4, 0.5) is 5.69 Å². The van der Waals surface area contributed by atoms with Crippen LogP contribution in [0.2, 0.25) is 0 Å². The molecule has 2 aliphatic rings. The lowest BCUT2D eigenvalue weighted by Gasteiger charge is -2.38. The molecule has 4 unspecified atom stereocenters. The lowest BCUT2D eigenvalue weighted by atomic mass is 9.72. The van der Waals surface area contributed by atoms with Gasteiger partial charge < -0.3 is 14.9 Å². The number of ketones is 1. The van der Waals surface area contributed by atoms with Crippen molar-refractivity contribution in [3.63, 3.8) is 0 Å². The Hall–Kier alpha value is -3.45. The summed E-state index contributed by atoms with van der Waals surface area (Å²) >= 11 is 1.35. The van der Waals surface area contributed by atoms with Crippen molar-refractivity contribution in [1.82, 2.24) is 4.90 Å². The van der Waals surface area contributed by atoms with Crippen molar-refractivity contribution in [1.29, 1.82) is 0 Å². The van der Waals surface area contributed by atoms with E-state index in [4.69, 9.17) is 0 Å². The Morgan fingerprint density at radius 2 is 1.55 bits per heavy atom. The molecule has 40 heavy (non-hydrogen) atoms. The van der Waals surface area contributed by atoms with Gasteiger partial charge in [-0.25, -0.2) is 4.79 Å². The largest absolute Gasteiger partial charge is 0.479 e. The van der Waals surface area contributed by atoms with Crippen LogP contribution in [0.5, 0.6) is 0 Å². The van der Waals surface area contributed by atoms with Crippen LogP contribution in [-0.2, 0) is 15.0 Å². The van der Waals surface area contributed by atoms with Crippen LogP contribution in [0.3, 0.4) is 0 Å². The number of Topliss-reactive ketones (excluding diaryl/α,β-unsaturated/α-hetero) is 1. The smallest absolute Gasteiger partial charge is 0.330 e. The van der Waals surface area contributed by atoms with E-state index in [0.29, 0.717) is 4.88 Å². The summed E-state index contributed by atoms with van der Waals surface area (Å²) in [6.45, 7) is 8.03. The molecule has 0 radical (unpaired) electrons. The van der Waals surface area contributed by atoms with E-state index < -0.39 is 29.4 Å². The molecule has 1 saturated heterocycles. The number of likely N-dealkylation sites (tertiary alicyclic amines) is 1. The number of carbonyl (C=O) groups excluding carboxylic acids is 2. The maximum absolute atomic E-state index is 14.4. The maximum Gasteiger partial charge on any atom is 0.330 e. The first kappa shape index (κ1) is 28.1. The molecule has 2 aromatic carbocycles. The monoisotopic (exact) mass is 558 g/mol. The summed E-state index contributed by atoms with van der Waals surface area (Å²) in [6, 6.07) is 18.7.